The summed E-state index contributed by atoms with van der Waals surface area (Å²) in [5, 5.41) is 0. The molecular formula is C15H11N5O. The molecule has 3 aromatic heterocycles. The summed E-state index contributed by atoms with van der Waals surface area (Å²) in [6.45, 7) is 1.89. The second-order valence-corrected chi connectivity index (χ2v) is 4.84. The Kier molecular flexibility index (Phi) is 2.38. The van der Waals surface area contributed by atoms with Crippen molar-refractivity contribution in [2.45, 2.75) is 6.92 Å². The van der Waals surface area contributed by atoms with Gasteiger partial charge < -0.3 is 0 Å². The quantitative estimate of drug-likeness (QED) is 0.531. The Morgan fingerprint density at radius 3 is 2.71 bits per heavy atom. The van der Waals surface area contributed by atoms with Gasteiger partial charge in [-0.15, -0.1) is 0 Å². The van der Waals surface area contributed by atoms with Crippen molar-refractivity contribution in [2.24, 2.45) is 0 Å². The fourth-order valence-corrected chi connectivity index (χ4v) is 2.36. The summed E-state index contributed by atoms with van der Waals surface area (Å²) >= 11 is 0. The van der Waals surface area contributed by atoms with Gasteiger partial charge in [-0.25, -0.2) is 14.4 Å². The standard InChI is InChI=1S/C15H11N5O/c1-10-7-16-15-18-13-12(14(21)19(15)8-10)20(9-17-13)11-5-3-2-4-6-11/h2-9H,1H3. The highest BCUT2D eigenvalue weighted by atomic mass is 16.1. The smallest absolute Gasteiger partial charge is 0.285 e. The van der Waals surface area contributed by atoms with E-state index >= 15 is 0 Å². The second kappa shape index (κ2) is 4.24. The van der Waals surface area contributed by atoms with Crippen molar-refractivity contribution in [3.63, 3.8) is 0 Å². The molecule has 0 radical (unpaired) electrons. The molecule has 0 N–H and O–H groups in total. The number of imidazole rings is 1. The molecule has 0 fully saturated rings. The van der Waals surface area contributed by atoms with E-state index in [-0.39, 0.29) is 5.56 Å². The van der Waals surface area contributed by atoms with Crippen molar-refractivity contribution >= 4 is 16.9 Å². The van der Waals surface area contributed by atoms with Crippen LogP contribution in [0.2, 0.25) is 0 Å². The molecule has 0 aliphatic heterocycles. The molecule has 21 heavy (non-hydrogen) atoms. The summed E-state index contributed by atoms with van der Waals surface area (Å²) < 4.78 is 3.21. The maximum absolute atomic E-state index is 12.7. The van der Waals surface area contributed by atoms with Gasteiger partial charge in [-0.3, -0.25) is 9.36 Å². The van der Waals surface area contributed by atoms with Crippen LogP contribution in [-0.2, 0) is 0 Å². The lowest BCUT2D eigenvalue weighted by molar-refractivity contribution is 0.987. The number of para-hydroxylation sites is 1. The van der Waals surface area contributed by atoms with Crippen LogP contribution < -0.4 is 5.56 Å². The third kappa shape index (κ3) is 1.73. The largest absolute Gasteiger partial charge is 0.293 e. The van der Waals surface area contributed by atoms with E-state index < -0.39 is 0 Å². The number of nitrogens with zero attached hydrogens (tertiary/aromatic N) is 5. The molecule has 102 valence electrons. The Labute approximate surface area is 119 Å². The molecule has 0 bridgehead atoms. The van der Waals surface area contributed by atoms with Crippen molar-refractivity contribution in [2.75, 3.05) is 0 Å². The third-order valence-electron chi connectivity index (χ3n) is 3.34. The fourth-order valence-electron chi connectivity index (χ4n) is 2.36. The Hall–Kier alpha value is -3.02. The SMILES string of the molecule is Cc1cnc2nc3ncn(-c4ccccc4)c3c(=O)n2c1. The minimum Gasteiger partial charge on any atom is -0.293 e. The molecule has 1 aromatic carbocycles. The normalized spacial score (nSPS) is 11.3. The van der Waals surface area contributed by atoms with Crippen LogP contribution in [0.4, 0.5) is 0 Å². The number of hydrogen-bond acceptors (Lipinski definition) is 4. The predicted octanol–water partition coefficient (Wildman–Crippen LogP) is 1.74. The molecule has 0 spiro atoms. The first-order chi connectivity index (χ1) is 10.2. The van der Waals surface area contributed by atoms with E-state index in [4.69, 9.17) is 0 Å². The number of aryl methyl sites for hydroxylation is 1. The van der Waals surface area contributed by atoms with Gasteiger partial charge in [0.2, 0.25) is 5.78 Å². The number of fused-ring (bicyclic) bond motifs is 2. The summed E-state index contributed by atoms with van der Waals surface area (Å²) in [5.41, 5.74) is 2.45. The maximum atomic E-state index is 12.7. The van der Waals surface area contributed by atoms with Crippen LogP contribution in [0, 0.1) is 6.92 Å². The van der Waals surface area contributed by atoms with Crippen LogP contribution in [0.3, 0.4) is 0 Å². The zero-order chi connectivity index (χ0) is 14.4. The molecule has 0 saturated carbocycles. The Morgan fingerprint density at radius 1 is 1.10 bits per heavy atom. The van der Waals surface area contributed by atoms with E-state index in [9.17, 15) is 4.79 Å². The Bertz CT molecular complexity index is 1020. The van der Waals surface area contributed by atoms with Gasteiger partial charge in [0.05, 0.1) is 0 Å². The first kappa shape index (κ1) is 11.8. The number of aromatic nitrogens is 5. The number of hydrogen-bond donors (Lipinski definition) is 0. The molecule has 4 rings (SSSR count). The number of benzene rings is 1. The molecule has 0 saturated heterocycles. The summed E-state index contributed by atoms with van der Waals surface area (Å²) in [5.74, 6) is 0.358. The average molecular weight is 277 g/mol. The fraction of sp³-hybridized carbons (Fsp3) is 0.0667. The topological polar surface area (TPSA) is 65.1 Å². The van der Waals surface area contributed by atoms with Crippen LogP contribution in [0.1, 0.15) is 5.56 Å². The minimum absolute atomic E-state index is 0.174. The molecule has 0 amide bonds. The van der Waals surface area contributed by atoms with E-state index in [1.54, 1.807) is 23.3 Å². The lowest BCUT2D eigenvalue weighted by Crippen LogP contribution is -2.18. The Morgan fingerprint density at radius 2 is 1.90 bits per heavy atom. The van der Waals surface area contributed by atoms with Gasteiger partial charge in [-0.1, -0.05) is 18.2 Å². The zero-order valence-corrected chi connectivity index (χ0v) is 11.3. The van der Waals surface area contributed by atoms with E-state index in [1.807, 2.05) is 37.3 Å². The molecule has 0 unspecified atom stereocenters. The van der Waals surface area contributed by atoms with Gasteiger partial charge in [-0.05, 0) is 24.6 Å². The van der Waals surface area contributed by atoms with Crippen molar-refractivity contribution < 1.29 is 0 Å². The molecule has 3 heterocycles. The first-order valence-corrected chi connectivity index (χ1v) is 6.51. The monoisotopic (exact) mass is 277 g/mol. The molecule has 4 aromatic rings. The van der Waals surface area contributed by atoms with Gasteiger partial charge in [0.25, 0.3) is 5.56 Å². The average Bonchev–Trinajstić information content (AvgIpc) is 2.93. The van der Waals surface area contributed by atoms with Crippen LogP contribution in [0.15, 0.2) is 53.8 Å². The van der Waals surface area contributed by atoms with E-state index in [0.717, 1.165) is 11.3 Å². The van der Waals surface area contributed by atoms with Gasteiger partial charge in [0.1, 0.15) is 6.33 Å². The van der Waals surface area contributed by atoms with E-state index in [2.05, 4.69) is 15.0 Å². The first-order valence-electron chi connectivity index (χ1n) is 6.51. The van der Waals surface area contributed by atoms with Crippen LogP contribution in [-0.4, -0.2) is 23.9 Å². The van der Waals surface area contributed by atoms with Gasteiger partial charge in [0, 0.05) is 18.1 Å². The summed E-state index contributed by atoms with van der Waals surface area (Å²) in [4.78, 5) is 25.5. The molecule has 6 heteroatoms. The zero-order valence-electron chi connectivity index (χ0n) is 11.3. The highest BCUT2D eigenvalue weighted by molar-refractivity contribution is 5.74. The predicted molar refractivity (Wildman–Crippen MR) is 78.6 cm³/mol. The van der Waals surface area contributed by atoms with E-state index in [0.29, 0.717) is 16.9 Å². The molecule has 0 atom stereocenters. The lowest BCUT2D eigenvalue weighted by Gasteiger charge is -2.04. The molecule has 0 aliphatic carbocycles. The highest BCUT2D eigenvalue weighted by Gasteiger charge is 2.13. The highest BCUT2D eigenvalue weighted by Crippen LogP contribution is 2.14. The molecule has 0 aliphatic rings. The number of rotatable bonds is 1. The van der Waals surface area contributed by atoms with Crippen LogP contribution in [0.25, 0.3) is 22.6 Å². The van der Waals surface area contributed by atoms with E-state index in [1.165, 1.54) is 4.40 Å². The summed E-state index contributed by atoms with van der Waals surface area (Å²) in [6.07, 6.45) is 5.03. The second-order valence-electron chi connectivity index (χ2n) is 4.84. The molecule has 6 nitrogen and oxygen atoms in total. The minimum atomic E-state index is -0.174. The summed E-state index contributed by atoms with van der Waals surface area (Å²) in [7, 11) is 0. The van der Waals surface area contributed by atoms with Gasteiger partial charge >= 0.3 is 0 Å². The van der Waals surface area contributed by atoms with Crippen molar-refractivity contribution in [3.8, 4) is 5.69 Å². The Balaban J connectivity index is 2.14. The summed E-state index contributed by atoms with van der Waals surface area (Å²) in [6, 6.07) is 9.60. The van der Waals surface area contributed by atoms with Crippen molar-refractivity contribution in [1.29, 1.82) is 0 Å². The van der Waals surface area contributed by atoms with Gasteiger partial charge in [-0.2, -0.15) is 4.98 Å². The van der Waals surface area contributed by atoms with Crippen LogP contribution >= 0.6 is 0 Å². The van der Waals surface area contributed by atoms with Crippen LogP contribution in [0.5, 0.6) is 0 Å². The maximum Gasteiger partial charge on any atom is 0.285 e. The molecular weight excluding hydrogens is 266 g/mol. The lowest BCUT2D eigenvalue weighted by atomic mass is 10.3. The van der Waals surface area contributed by atoms with Crippen molar-refractivity contribution in [3.05, 3.63) is 65.0 Å². The van der Waals surface area contributed by atoms with Gasteiger partial charge in [0.15, 0.2) is 11.2 Å². The van der Waals surface area contributed by atoms with Crippen molar-refractivity contribution in [1.82, 2.24) is 23.9 Å². The third-order valence-corrected chi connectivity index (χ3v) is 3.34.